The number of rotatable bonds is 5. The lowest BCUT2D eigenvalue weighted by Gasteiger charge is -2.12. The van der Waals surface area contributed by atoms with Gasteiger partial charge in [0.15, 0.2) is 11.6 Å². The average Bonchev–Trinajstić information content (AvgIpc) is 3.74. The van der Waals surface area contributed by atoms with Crippen LogP contribution in [-0.4, -0.2) is 19.5 Å². The maximum absolute atomic E-state index is 6.55. The van der Waals surface area contributed by atoms with Gasteiger partial charge in [0.25, 0.3) is 0 Å². The largest absolute Gasteiger partial charge is 0.455 e. The highest BCUT2D eigenvalue weighted by Crippen LogP contribution is 2.40. The van der Waals surface area contributed by atoms with Crippen LogP contribution in [0.15, 0.2) is 174 Å². The fraction of sp³-hybridized carbons (Fsp3) is 0. The van der Waals surface area contributed by atoms with Gasteiger partial charge in [-0.3, -0.25) is 4.57 Å². The van der Waals surface area contributed by atoms with E-state index in [9.17, 15) is 0 Å². The van der Waals surface area contributed by atoms with E-state index in [4.69, 9.17) is 19.4 Å². The van der Waals surface area contributed by atoms with Gasteiger partial charge in [-0.1, -0.05) is 133 Å². The molecule has 3 aromatic heterocycles. The maximum Gasteiger partial charge on any atom is 0.238 e. The van der Waals surface area contributed by atoms with Crippen molar-refractivity contribution in [2.45, 2.75) is 0 Å². The van der Waals surface area contributed by atoms with Crippen molar-refractivity contribution >= 4 is 43.7 Å². The molecular weight excluding hydrogens is 613 g/mol. The van der Waals surface area contributed by atoms with Gasteiger partial charge < -0.3 is 4.42 Å². The van der Waals surface area contributed by atoms with Crippen molar-refractivity contribution in [1.29, 1.82) is 0 Å². The van der Waals surface area contributed by atoms with Gasteiger partial charge >= 0.3 is 0 Å². The molecule has 0 amide bonds. The third-order valence-electron chi connectivity index (χ3n) is 9.46. The average molecular weight is 641 g/mol. The summed E-state index contributed by atoms with van der Waals surface area (Å²) in [5.74, 6) is 1.74. The second kappa shape index (κ2) is 11.4. The molecule has 0 fully saturated rings. The molecular formula is C45H28N4O. The lowest BCUT2D eigenvalue weighted by molar-refractivity contribution is 0.673. The zero-order valence-corrected chi connectivity index (χ0v) is 26.9. The number of para-hydroxylation sites is 2. The van der Waals surface area contributed by atoms with E-state index >= 15 is 0 Å². The number of hydrogen-bond donors (Lipinski definition) is 0. The molecule has 0 aliphatic carbocycles. The second-order valence-electron chi connectivity index (χ2n) is 12.5. The Labute approximate surface area is 287 Å². The number of fused-ring (bicyclic) bond motifs is 7. The first-order chi connectivity index (χ1) is 24.8. The molecule has 0 aliphatic heterocycles. The first kappa shape index (κ1) is 28.2. The van der Waals surface area contributed by atoms with E-state index in [0.29, 0.717) is 17.6 Å². The van der Waals surface area contributed by atoms with Crippen LogP contribution >= 0.6 is 0 Å². The molecule has 234 valence electrons. The molecule has 0 spiro atoms. The minimum Gasteiger partial charge on any atom is -0.455 e. The van der Waals surface area contributed by atoms with E-state index in [1.54, 1.807) is 0 Å². The second-order valence-corrected chi connectivity index (χ2v) is 12.5. The normalized spacial score (nSPS) is 11.6. The van der Waals surface area contributed by atoms with Crippen LogP contribution in [0.4, 0.5) is 0 Å². The van der Waals surface area contributed by atoms with Crippen LogP contribution in [0, 0.1) is 0 Å². The molecule has 0 unspecified atom stereocenters. The molecule has 5 heteroatoms. The van der Waals surface area contributed by atoms with E-state index in [-0.39, 0.29) is 0 Å². The zero-order valence-electron chi connectivity index (χ0n) is 26.9. The van der Waals surface area contributed by atoms with Crippen molar-refractivity contribution in [3.05, 3.63) is 170 Å². The first-order valence-corrected chi connectivity index (χ1v) is 16.7. The SMILES string of the molecule is c1ccc(-c2cccc(-c3nc(-c4cccc(-c5ccccc5)c4)nc(-n4c5ccccc5c5c6oc7ccccc7c6ccc54)n3)c2)cc1. The number of hydrogen-bond acceptors (Lipinski definition) is 4. The standard InChI is InChI=1S/C45H28N4O/c1-3-13-29(14-4-1)31-17-11-19-33(27-31)43-46-44(34-20-12-18-32(28-34)30-15-5-2-6-16-30)48-45(47-43)49-38-23-9-7-22-37(38)41-39(49)26-25-36-35-21-8-10-24-40(35)50-42(36)41/h1-28H. The van der Waals surface area contributed by atoms with Gasteiger partial charge in [0.2, 0.25) is 5.95 Å². The van der Waals surface area contributed by atoms with Gasteiger partial charge in [-0.25, -0.2) is 4.98 Å². The summed E-state index contributed by atoms with van der Waals surface area (Å²) in [6.45, 7) is 0. The summed E-state index contributed by atoms with van der Waals surface area (Å²) in [4.78, 5) is 15.6. The molecule has 0 atom stereocenters. The van der Waals surface area contributed by atoms with E-state index in [1.807, 2.05) is 24.3 Å². The predicted molar refractivity (Wildman–Crippen MR) is 203 cm³/mol. The number of benzene rings is 7. The van der Waals surface area contributed by atoms with E-state index in [1.165, 1.54) is 0 Å². The summed E-state index contributed by atoms with van der Waals surface area (Å²) in [7, 11) is 0. The summed E-state index contributed by atoms with van der Waals surface area (Å²) in [5, 5.41) is 4.30. The van der Waals surface area contributed by atoms with Crippen LogP contribution in [-0.2, 0) is 0 Å². The minimum absolute atomic E-state index is 0.543. The highest BCUT2D eigenvalue weighted by Gasteiger charge is 2.21. The van der Waals surface area contributed by atoms with Crippen LogP contribution in [0.2, 0.25) is 0 Å². The number of furan rings is 1. The van der Waals surface area contributed by atoms with Crippen molar-refractivity contribution < 1.29 is 4.42 Å². The Bertz CT molecular complexity index is 2770. The van der Waals surface area contributed by atoms with Crippen molar-refractivity contribution in [3.8, 4) is 51.0 Å². The zero-order chi connectivity index (χ0) is 33.0. The van der Waals surface area contributed by atoms with Crippen LogP contribution in [0.3, 0.4) is 0 Å². The molecule has 0 radical (unpaired) electrons. The van der Waals surface area contributed by atoms with Crippen molar-refractivity contribution in [3.63, 3.8) is 0 Å². The van der Waals surface area contributed by atoms with Crippen LogP contribution in [0.1, 0.15) is 0 Å². The molecule has 5 nitrogen and oxygen atoms in total. The Kier molecular flexibility index (Phi) is 6.42. The van der Waals surface area contributed by atoms with E-state index in [0.717, 1.165) is 77.1 Å². The van der Waals surface area contributed by atoms with Gasteiger partial charge in [-0.05, 0) is 58.7 Å². The Morgan fingerprint density at radius 3 is 1.58 bits per heavy atom. The van der Waals surface area contributed by atoms with E-state index < -0.39 is 0 Å². The lowest BCUT2D eigenvalue weighted by atomic mass is 10.0. The molecule has 10 rings (SSSR count). The summed E-state index contributed by atoms with van der Waals surface area (Å²) in [5.41, 5.74) is 9.99. The molecule has 3 heterocycles. The smallest absolute Gasteiger partial charge is 0.238 e. The molecule has 7 aromatic carbocycles. The predicted octanol–water partition coefficient (Wildman–Crippen LogP) is 11.5. The van der Waals surface area contributed by atoms with Crippen molar-refractivity contribution in [1.82, 2.24) is 19.5 Å². The van der Waals surface area contributed by atoms with Gasteiger partial charge in [0, 0.05) is 27.3 Å². The summed E-state index contributed by atoms with van der Waals surface area (Å²) in [6, 6.07) is 58.5. The topological polar surface area (TPSA) is 56.7 Å². The number of aromatic nitrogens is 4. The molecule has 0 aliphatic rings. The molecule has 0 bridgehead atoms. The monoisotopic (exact) mass is 640 g/mol. The first-order valence-electron chi connectivity index (χ1n) is 16.7. The quantitative estimate of drug-likeness (QED) is 0.188. The maximum atomic E-state index is 6.55. The minimum atomic E-state index is 0.543. The fourth-order valence-corrected chi connectivity index (χ4v) is 7.11. The summed E-state index contributed by atoms with van der Waals surface area (Å²) >= 11 is 0. The van der Waals surface area contributed by atoms with Gasteiger partial charge in [0.1, 0.15) is 11.2 Å². The fourth-order valence-electron chi connectivity index (χ4n) is 7.11. The molecule has 10 aromatic rings. The number of nitrogens with zero attached hydrogens (tertiary/aromatic N) is 4. The molecule has 0 N–H and O–H groups in total. The summed E-state index contributed by atoms with van der Waals surface area (Å²) < 4.78 is 8.70. The Hall–Kier alpha value is -6.85. The van der Waals surface area contributed by atoms with Crippen molar-refractivity contribution in [2.75, 3.05) is 0 Å². The molecule has 0 saturated carbocycles. The van der Waals surface area contributed by atoms with E-state index in [2.05, 4.69) is 150 Å². The Balaban J connectivity index is 1.24. The third-order valence-corrected chi connectivity index (χ3v) is 9.46. The van der Waals surface area contributed by atoms with Gasteiger partial charge in [-0.15, -0.1) is 0 Å². The summed E-state index contributed by atoms with van der Waals surface area (Å²) in [6.07, 6.45) is 0. The third kappa shape index (κ3) is 4.60. The van der Waals surface area contributed by atoms with Crippen LogP contribution in [0.5, 0.6) is 0 Å². The molecule has 0 saturated heterocycles. The highest BCUT2D eigenvalue weighted by atomic mass is 16.3. The Morgan fingerprint density at radius 1 is 0.380 bits per heavy atom. The van der Waals surface area contributed by atoms with Gasteiger partial charge in [-0.2, -0.15) is 9.97 Å². The van der Waals surface area contributed by atoms with Crippen LogP contribution in [0.25, 0.3) is 94.7 Å². The van der Waals surface area contributed by atoms with Crippen LogP contribution < -0.4 is 0 Å². The highest BCUT2D eigenvalue weighted by molar-refractivity contribution is 6.23. The Morgan fingerprint density at radius 2 is 0.920 bits per heavy atom. The van der Waals surface area contributed by atoms with Gasteiger partial charge in [0.05, 0.1) is 16.4 Å². The van der Waals surface area contributed by atoms with Crippen molar-refractivity contribution in [2.24, 2.45) is 0 Å². The lowest BCUT2D eigenvalue weighted by Crippen LogP contribution is -2.06. The molecule has 50 heavy (non-hydrogen) atoms.